The topological polar surface area (TPSA) is 45.2 Å². The van der Waals surface area contributed by atoms with Gasteiger partial charge in [-0.2, -0.15) is 0 Å². The Morgan fingerprint density at radius 3 is 2.58 bits per heavy atom. The van der Waals surface area contributed by atoms with Crippen molar-refractivity contribution < 1.29 is 4.79 Å². The highest BCUT2D eigenvalue weighted by Gasteiger charge is 2.10. The molecule has 2 rings (SSSR count). The van der Waals surface area contributed by atoms with Gasteiger partial charge >= 0.3 is 0 Å². The molecule has 24 heavy (non-hydrogen) atoms. The van der Waals surface area contributed by atoms with E-state index in [2.05, 4.69) is 42.3 Å². The van der Waals surface area contributed by atoms with Gasteiger partial charge in [0.1, 0.15) is 0 Å². The van der Waals surface area contributed by atoms with Gasteiger partial charge in [0.05, 0.1) is 0 Å². The number of nitrogens with zero attached hydrogens (tertiary/aromatic N) is 2. The molecule has 0 aliphatic heterocycles. The molecule has 1 aromatic carbocycles. The number of likely N-dealkylation sites (N-methyl/N-ethyl adjacent to an activating group) is 1. The van der Waals surface area contributed by atoms with Gasteiger partial charge in [0.15, 0.2) is 0 Å². The molecule has 0 aliphatic rings. The minimum Gasteiger partial charge on any atom is -0.384 e. The molecule has 0 saturated heterocycles. The van der Waals surface area contributed by atoms with Gasteiger partial charge in [0.2, 0.25) is 5.91 Å². The van der Waals surface area contributed by atoms with Crippen LogP contribution in [0.1, 0.15) is 37.3 Å². The number of anilines is 1. The Morgan fingerprint density at radius 2 is 1.88 bits per heavy atom. The van der Waals surface area contributed by atoms with Gasteiger partial charge in [-0.05, 0) is 41.7 Å². The fourth-order valence-corrected chi connectivity index (χ4v) is 2.63. The molecule has 0 aliphatic carbocycles. The monoisotopic (exact) mass is 325 g/mol. The first-order valence-electron chi connectivity index (χ1n) is 8.53. The zero-order valence-corrected chi connectivity index (χ0v) is 14.8. The Kier molecular flexibility index (Phi) is 6.79. The van der Waals surface area contributed by atoms with Crippen molar-refractivity contribution in [1.29, 1.82) is 0 Å². The lowest BCUT2D eigenvalue weighted by atomic mass is 10.0. The van der Waals surface area contributed by atoms with Crippen LogP contribution in [0.15, 0.2) is 48.8 Å². The molecule has 0 fully saturated rings. The highest BCUT2D eigenvalue weighted by molar-refractivity contribution is 5.76. The van der Waals surface area contributed by atoms with Crippen LogP contribution in [0.25, 0.3) is 0 Å². The Morgan fingerprint density at radius 1 is 1.17 bits per heavy atom. The van der Waals surface area contributed by atoms with Gasteiger partial charge < -0.3 is 10.2 Å². The summed E-state index contributed by atoms with van der Waals surface area (Å²) in [6.07, 6.45) is 4.92. The fourth-order valence-electron chi connectivity index (χ4n) is 2.63. The molecule has 1 amide bonds. The summed E-state index contributed by atoms with van der Waals surface area (Å²) in [4.78, 5) is 18.1. The molecule has 0 spiro atoms. The first-order valence-corrected chi connectivity index (χ1v) is 8.53. The lowest BCUT2D eigenvalue weighted by molar-refractivity contribution is -0.129. The number of nitrogens with one attached hydrogen (secondary N) is 1. The molecule has 1 N–H and O–H groups in total. The van der Waals surface area contributed by atoms with Crippen LogP contribution in [0, 0.1) is 0 Å². The molecule has 1 heterocycles. The van der Waals surface area contributed by atoms with Crippen LogP contribution in [0.3, 0.4) is 0 Å². The van der Waals surface area contributed by atoms with E-state index in [0.717, 1.165) is 18.7 Å². The van der Waals surface area contributed by atoms with E-state index in [9.17, 15) is 4.79 Å². The Labute approximate surface area is 144 Å². The lowest BCUT2D eigenvalue weighted by Crippen LogP contribution is -2.30. The molecule has 0 saturated carbocycles. The van der Waals surface area contributed by atoms with Crippen molar-refractivity contribution in [2.24, 2.45) is 0 Å². The van der Waals surface area contributed by atoms with E-state index in [1.165, 1.54) is 11.1 Å². The van der Waals surface area contributed by atoms with Crippen LogP contribution in [-0.2, 0) is 11.2 Å². The normalized spacial score (nSPS) is 10.7. The van der Waals surface area contributed by atoms with Crippen LogP contribution < -0.4 is 5.32 Å². The van der Waals surface area contributed by atoms with E-state index < -0.39 is 0 Å². The van der Waals surface area contributed by atoms with Crippen molar-refractivity contribution in [2.45, 2.75) is 32.6 Å². The highest BCUT2D eigenvalue weighted by Crippen LogP contribution is 2.23. The molecule has 4 heteroatoms. The number of aromatic nitrogens is 1. The van der Waals surface area contributed by atoms with Gasteiger partial charge in [0, 0.05) is 44.6 Å². The minimum atomic E-state index is 0.165. The van der Waals surface area contributed by atoms with Crippen LogP contribution >= 0.6 is 0 Å². The summed E-state index contributed by atoms with van der Waals surface area (Å²) in [7, 11) is 1.87. The van der Waals surface area contributed by atoms with Gasteiger partial charge in [-0.15, -0.1) is 0 Å². The van der Waals surface area contributed by atoms with E-state index in [1.807, 2.05) is 25.2 Å². The summed E-state index contributed by atoms with van der Waals surface area (Å²) in [6, 6.07) is 12.3. The maximum absolute atomic E-state index is 12.2. The summed E-state index contributed by atoms with van der Waals surface area (Å²) in [6.45, 7) is 5.74. The quantitative estimate of drug-likeness (QED) is 0.805. The molecular weight excluding hydrogens is 298 g/mol. The van der Waals surface area contributed by atoms with Crippen LogP contribution in [0.4, 0.5) is 5.69 Å². The second-order valence-corrected chi connectivity index (χ2v) is 6.34. The molecule has 0 radical (unpaired) electrons. The number of benzene rings is 1. The van der Waals surface area contributed by atoms with Crippen molar-refractivity contribution in [2.75, 3.05) is 25.5 Å². The largest absolute Gasteiger partial charge is 0.384 e. The summed E-state index contributed by atoms with van der Waals surface area (Å²) < 4.78 is 0. The molecule has 128 valence electrons. The Hall–Kier alpha value is -2.36. The van der Waals surface area contributed by atoms with Gasteiger partial charge in [-0.3, -0.25) is 9.78 Å². The second kappa shape index (κ2) is 9.06. The first kappa shape index (κ1) is 18.0. The van der Waals surface area contributed by atoms with Crippen LogP contribution in [0.2, 0.25) is 0 Å². The third kappa shape index (κ3) is 5.37. The van der Waals surface area contributed by atoms with Crippen molar-refractivity contribution in [3.05, 3.63) is 59.9 Å². The average molecular weight is 325 g/mol. The standard InChI is InChI=1S/C20H27N3O/c1-16(2)18-6-4-5-7-19(18)22-14-10-20(24)23(3)15-11-17-8-12-21-13-9-17/h4-9,12-13,16,22H,10-11,14-15H2,1-3H3. The average Bonchev–Trinajstić information content (AvgIpc) is 2.60. The predicted molar refractivity (Wildman–Crippen MR) is 99.2 cm³/mol. The van der Waals surface area contributed by atoms with Crippen molar-refractivity contribution in [3.8, 4) is 0 Å². The van der Waals surface area contributed by atoms with E-state index in [1.54, 1.807) is 17.3 Å². The Balaban J connectivity index is 1.76. The first-order chi connectivity index (χ1) is 11.6. The van der Waals surface area contributed by atoms with E-state index >= 15 is 0 Å². The van der Waals surface area contributed by atoms with Gasteiger partial charge in [0.25, 0.3) is 0 Å². The summed E-state index contributed by atoms with van der Waals surface area (Å²) in [5.74, 6) is 0.631. The predicted octanol–water partition coefficient (Wildman–Crippen LogP) is 3.71. The van der Waals surface area contributed by atoms with Crippen molar-refractivity contribution in [1.82, 2.24) is 9.88 Å². The van der Waals surface area contributed by atoms with Gasteiger partial charge in [-0.25, -0.2) is 0 Å². The molecule has 0 atom stereocenters. The fraction of sp³-hybridized carbons (Fsp3) is 0.400. The summed E-state index contributed by atoms with van der Waals surface area (Å²) >= 11 is 0. The minimum absolute atomic E-state index is 0.165. The van der Waals surface area contributed by atoms with E-state index in [-0.39, 0.29) is 5.91 Å². The third-order valence-corrected chi connectivity index (χ3v) is 4.15. The lowest BCUT2D eigenvalue weighted by Gasteiger charge is -2.18. The number of pyridine rings is 1. The molecule has 0 bridgehead atoms. The number of carbonyl (C=O) groups is 1. The second-order valence-electron chi connectivity index (χ2n) is 6.34. The van der Waals surface area contributed by atoms with Crippen molar-refractivity contribution >= 4 is 11.6 Å². The number of carbonyl (C=O) groups excluding carboxylic acids is 1. The maximum atomic E-state index is 12.2. The summed E-state index contributed by atoms with van der Waals surface area (Å²) in [5, 5.41) is 3.40. The highest BCUT2D eigenvalue weighted by atomic mass is 16.2. The van der Waals surface area contributed by atoms with Crippen LogP contribution in [-0.4, -0.2) is 35.9 Å². The van der Waals surface area contributed by atoms with Gasteiger partial charge in [-0.1, -0.05) is 32.0 Å². The van der Waals surface area contributed by atoms with E-state index in [0.29, 0.717) is 18.9 Å². The zero-order valence-electron chi connectivity index (χ0n) is 14.8. The SMILES string of the molecule is CC(C)c1ccccc1NCCC(=O)N(C)CCc1ccncc1. The number of hydrogen-bond acceptors (Lipinski definition) is 3. The number of amides is 1. The molecule has 0 unspecified atom stereocenters. The zero-order chi connectivity index (χ0) is 17.4. The molecule has 4 nitrogen and oxygen atoms in total. The maximum Gasteiger partial charge on any atom is 0.224 e. The number of rotatable bonds is 8. The molecular formula is C20H27N3O. The smallest absolute Gasteiger partial charge is 0.224 e. The summed E-state index contributed by atoms with van der Waals surface area (Å²) in [5.41, 5.74) is 3.62. The molecule has 2 aromatic rings. The van der Waals surface area contributed by atoms with Crippen molar-refractivity contribution in [3.63, 3.8) is 0 Å². The third-order valence-electron chi connectivity index (χ3n) is 4.15. The Bertz CT molecular complexity index is 640. The molecule has 1 aromatic heterocycles. The number of hydrogen-bond donors (Lipinski definition) is 1. The van der Waals surface area contributed by atoms with E-state index in [4.69, 9.17) is 0 Å². The van der Waals surface area contributed by atoms with Crippen LogP contribution in [0.5, 0.6) is 0 Å². The number of para-hydroxylation sites is 1.